The molecular weight excluding hydrogens is 793 g/mol. The van der Waals surface area contributed by atoms with Crippen LogP contribution in [0.15, 0.2) is 83.3 Å². The average Bonchev–Trinajstić information content (AvgIpc) is 4.15. The molecule has 3 aliphatic rings. The van der Waals surface area contributed by atoms with E-state index in [0.717, 1.165) is 57.8 Å². The SMILES string of the molecule is CCCCCCCCCC(=O)N[C@@H](Cc1nc2cc(C(=O)N3C[C@@H](C(=O)N[C@H]4C[C@@H]4c4ccccc4)[C@H](C(=O)N[C@H]4C[C@@H]4c4ccccc4)C3)ccc2o1)C(=O)NCCCCCC. The molecule has 0 radical (unpaired) electrons. The number of nitrogens with one attached hydrogen (secondary N) is 4. The summed E-state index contributed by atoms with van der Waals surface area (Å²) in [5.41, 5.74) is 3.58. The van der Waals surface area contributed by atoms with Crippen LogP contribution < -0.4 is 21.3 Å². The number of carbonyl (C=O) groups is 5. The zero-order valence-corrected chi connectivity index (χ0v) is 37.1. The lowest BCUT2D eigenvalue weighted by molar-refractivity contribution is -0.133. The van der Waals surface area contributed by atoms with Crippen LogP contribution in [0.2, 0.25) is 0 Å². The van der Waals surface area contributed by atoms with Gasteiger partial charge in [0.05, 0.1) is 18.3 Å². The van der Waals surface area contributed by atoms with Gasteiger partial charge in [-0.3, -0.25) is 24.0 Å². The molecule has 2 aliphatic carbocycles. The predicted octanol–water partition coefficient (Wildman–Crippen LogP) is 7.73. The lowest BCUT2D eigenvalue weighted by Gasteiger charge is -2.18. The van der Waals surface area contributed by atoms with E-state index in [1.807, 2.05) is 36.4 Å². The van der Waals surface area contributed by atoms with Crippen molar-refractivity contribution in [2.45, 2.75) is 140 Å². The highest BCUT2D eigenvalue weighted by Gasteiger charge is 2.49. The van der Waals surface area contributed by atoms with Crippen molar-refractivity contribution < 1.29 is 28.4 Å². The molecule has 1 saturated heterocycles. The second-order valence-electron chi connectivity index (χ2n) is 18.0. The monoisotopic (exact) mass is 859 g/mol. The molecular formula is C51H66N6O6. The summed E-state index contributed by atoms with van der Waals surface area (Å²) in [4.78, 5) is 74.9. The van der Waals surface area contributed by atoms with E-state index in [1.165, 1.54) is 36.8 Å². The minimum absolute atomic E-state index is 0.0158. The Morgan fingerprint density at radius 2 is 1.25 bits per heavy atom. The number of hydrogen-bond acceptors (Lipinski definition) is 7. The topological polar surface area (TPSA) is 163 Å². The second kappa shape index (κ2) is 22.2. The normalized spacial score (nSPS) is 21.7. The number of rotatable bonds is 24. The maximum absolute atomic E-state index is 14.2. The molecule has 3 aromatic carbocycles. The molecule has 0 spiro atoms. The van der Waals surface area contributed by atoms with Crippen LogP contribution in [0.25, 0.3) is 11.1 Å². The maximum Gasteiger partial charge on any atom is 0.253 e. The Bertz CT molecular complexity index is 2080. The largest absolute Gasteiger partial charge is 0.441 e. The number of nitrogens with zero attached hydrogens (tertiary/aromatic N) is 2. The van der Waals surface area contributed by atoms with Crippen LogP contribution >= 0.6 is 0 Å². The Labute approximate surface area is 372 Å². The van der Waals surface area contributed by atoms with E-state index in [-0.39, 0.29) is 78.9 Å². The number of aromatic nitrogens is 1. The van der Waals surface area contributed by atoms with Gasteiger partial charge in [-0.25, -0.2) is 4.98 Å². The summed E-state index contributed by atoms with van der Waals surface area (Å²) < 4.78 is 6.08. The predicted molar refractivity (Wildman–Crippen MR) is 244 cm³/mol. The van der Waals surface area contributed by atoms with Gasteiger partial charge in [-0.2, -0.15) is 0 Å². The third-order valence-corrected chi connectivity index (χ3v) is 13.0. The fourth-order valence-electron chi connectivity index (χ4n) is 9.08. The van der Waals surface area contributed by atoms with Gasteiger partial charge in [-0.15, -0.1) is 0 Å². The molecule has 2 saturated carbocycles. The number of likely N-dealkylation sites (tertiary alicyclic amines) is 1. The molecule has 63 heavy (non-hydrogen) atoms. The van der Waals surface area contributed by atoms with Gasteiger partial charge in [0, 0.05) is 55.5 Å². The molecule has 1 aromatic heterocycles. The Balaban J connectivity index is 1.00. The van der Waals surface area contributed by atoms with Gasteiger partial charge < -0.3 is 30.6 Å². The standard InChI is InChI=1S/C51H66N6O6/c1-3-5-7-9-10-11-18-24-46(58)53-44(50(61)52-27-19-8-6-4-2)31-47-54-43-28-36(25-26-45(43)63-47)51(62)57-32-39(48(59)55-41-29-37(41)34-20-14-12-15-21-34)40(33-57)49(60)56-42-30-38(42)35-22-16-13-17-23-35/h12-17,20-23,25-26,28,37-42,44H,3-11,18-19,24,27,29-33H2,1-2H3,(H,52,61)(H,53,58)(H,55,59)(H,56,60)/t37-,38-,39-,40-,41+,42+,44+/m1/s1. The average molecular weight is 859 g/mol. The number of benzene rings is 3. The number of unbranched alkanes of at least 4 members (excludes halogenated alkanes) is 9. The van der Waals surface area contributed by atoms with E-state index < -0.39 is 17.9 Å². The molecule has 3 fully saturated rings. The lowest BCUT2D eigenvalue weighted by atomic mass is 9.94. The van der Waals surface area contributed by atoms with Crippen molar-refractivity contribution in [1.29, 1.82) is 0 Å². The van der Waals surface area contributed by atoms with Crippen molar-refractivity contribution in [3.8, 4) is 0 Å². The van der Waals surface area contributed by atoms with Crippen LogP contribution in [0.1, 0.15) is 143 Å². The minimum atomic E-state index is -0.865. The molecule has 12 heteroatoms. The fourth-order valence-corrected chi connectivity index (χ4v) is 9.08. The second-order valence-corrected chi connectivity index (χ2v) is 18.0. The number of carbonyl (C=O) groups excluding carboxylic acids is 5. The molecule has 12 nitrogen and oxygen atoms in total. The molecule has 0 unspecified atom stereocenters. The molecule has 336 valence electrons. The van der Waals surface area contributed by atoms with Crippen molar-refractivity contribution in [2.75, 3.05) is 19.6 Å². The zero-order valence-electron chi connectivity index (χ0n) is 37.1. The van der Waals surface area contributed by atoms with Crippen molar-refractivity contribution in [1.82, 2.24) is 31.2 Å². The van der Waals surface area contributed by atoms with Gasteiger partial charge in [0.15, 0.2) is 11.5 Å². The summed E-state index contributed by atoms with van der Waals surface area (Å²) in [6.07, 6.45) is 13.8. The van der Waals surface area contributed by atoms with E-state index in [4.69, 9.17) is 4.42 Å². The van der Waals surface area contributed by atoms with Gasteiger partial charge in [0.1, 0.15) is 11.6 Å². The first-order chi connectivity index (χ1) is 30.7. The molecule has 4 aromatic rings. The third kappa shape index (κ3) is 12.6. The van der Waals surface area contributed by atoms with E-state index >= 15 is 0 Å². The van der Waals surface area contributed by atoms with Gasteiger partial charge in [-0.05, 0) is 55.0 Å². The minimum Gasteiger partial charge on any atom is -0.441 e. The number of fused-ring (bicyclic) bond motifs is 1. The molecule has 0 bridgehead atoms. The first-order valence-electron chi connectivity index (χ1n) is 23.7. The first kappa shape index (κ1) is 45.5. The molecule has 1 aliphatic heterocycles. The highest BCUT2D eigenvalue weighted by Crippen LogP contribution is 2.42. The van der Waals surface area contributed by atoms with Crippen LogP contribution in [0, 0.1) is 11.8 Å². The third-order valence-electron chi connectivity index (χ3n) is 13.0. The summed E-state index contributed by atoms with van der Waals surface area (Å²) in [6, 6.07) is 24.3. The summed E-state index contributed by atoms with van der Waals surface area (Å²) >= 11 is 0. The highest BCUT2D eigenvalue weighted by molar-refractivity contribution is 5.99. The zero-order chi connectivity index (χ0) is 44.1. The van der Waals surface area contributed by atoms with Gasteiger partial charge in [0.25, 0.3) is 5.91 Å². The molecule has 7 atom stereocenters. The van der Waals surface area contributed by atoms with Crippen molar-refractivity contribution in [2.24, 2.45) is 11.8 Å². The number of oxazole rings is 1. The van der Waals surface area contributed by atoms with Crippen LogP contribution in [0.3, 0.4) is 0 Å². The Kier molecular flexibility index (Phi) is 16.0. The summed E-state index contributed by atoms with van der Waals surface area (Å²) in [6.45, 7) is 5.07. The van der Waals surface area contributed by atoms with Crippen LogP contribution in [0.4, 0.5) is 0 Å². The van der Waals surface area contributed by atoms with Crippen LogP contribution in [-0.2, 0) is 25.6 Å². The van der Waals surface area contributed by atoms with E-state index in [2.05, 4.69) is 64.4 Å². The maximum atomic E-state index is 14.2. The van der Waals surface area contributed by atoms with Crippen molar-refractivity contribution in [3.05, 3.63) is 101 Å². The van der Waals surface area contributed by atoms with Crippen LogP contribution in [-0.4, -0.2) is 77.2 Å². The lowest BCUT2D eigenvalue weighted by Crippen LogP contribution is -2.48. The van der Waals surface area contributed by atoms with Crippen molar-refractivity contribution in [3.63, 3.8) is 0 Å². The molecule has 4 N–H and O–H groups in total. The van der Waals surface area contributed by atoms with E-state index in [0.29, 0.717) is 29.6 Å². The Hall–Kier alpha value is -5.52. The number of hydrogen-bond donors (Lipinski definition) is 4. The van der Waals surface area contributed by atoms with Gasteiger partial charge >= 0.3 is 0 Å². The molecule has 5 amide bonds. The summed E-state index contributed by atoms with van der Waals surface area (Å²) in [5, 5.41) is 12.3. The van der Waals surface area contributed by atoms with E-state index in [9.17, 15) is 24.0 Å². The Morgan fingerprint density at radius 3 is 1.84 bits per heavy atom. The van der Waals surface area contributed by atoms with E-state index in [1.54, 1.807) is 23.1 Å². The smallest absolute Gasteiger partial charge is 0.253 e. The quantitative estimate of drug-likeness (QED) is 0.0525. The Morgan fingerprint density at radius 1 is 0.698 bits per heavy atom. The van der Waals surface area contributed by atoms with Crippen molar-refractivity contribution >= 4 is 40.6 Å². The van der Waals surface area contributed by atoms with Gasteiger partial charge in [-0.1, -0.05) is 132 Å². The fraction of sp³-hybridized carbons (Fsp3) is 0.529. The first-order valence-corrected chi connectivity index (χ1v) is 23.7. The summed E-state index contributed by atoms with van der Waals surface area (Å²) in [7, 11) is 0. The summed E-state index contributed by atoms with van der Waals surface area (Å²) in [5.74, 6) is -1.89. The van der Waals surface area contributed by atoms with Crippen LogP contribution in [0.5, 0.6) is 0 Å². The molecule has 7 rings (SSSR count). The van der Waals surface area contributed by atoms with Gasteiger partial charge in [0.2, 0.25) is 23.6 Å². The molecule has 2 heterocycles. The highest BCUT2D eigenvalue weighted by atomic mass is 16.3. The number of amides is 5.